The molecule has 23 heavy (non-hydrogen) atoms. The van der Waals surface area contributed by atoms with Gasteiger partial charge in [-0.3, -0.25) is 0 Å². The molecule has 0 aliphatic rings. The molecule has 0 aromatic heterocycles. The molecule has 138 valence electrons. The van der Waals surface area contributed by atoms with E-state index in [0.717, 1.165) is 32.5 Å². The predicted molar refractivity (Wildman–Crippen MR) is 107 cm³/mol. The van der Waals surface area contributed by atoms with Crippen LogP contribution in [-0.4, -0.2) is 34.4 Å². The fourth-order valence-corrected chi connectivity index (χ4v) is 15.8. The third-order valence-electron chi connectivity index (χ3n) is 4.15. The summed E-state index contributed by atoms with van der Waals surface area (Å²) in [5.41, 5.74) is -0.208. The number of rotatable bonds is 15. The monoisotopic (exact) mass is 358 g/mol. The van der Waals surface area contributed by atoms with Gasteiger partial charge in [-0.2, -0.15) is 0 Å². The summed E-state index contributed by atoms with van der Waals surface area (Å²) in [5, 5.41) is 0. The van der Waals surface area contributed by atoms with Gasteiger partial charge < -0.3 is 9.47 Å². The minimum atomic E-state index is -0.607. The van der Waals surface area contributed by atoms with Crippen molar-refractivity contribution < 1.29 is 9.47 Å². The van der Waals surface area contributed by atoms with Gasteiger partial charge in [-0.1, -0.05) is 67.2 Å². The summed E-state index contributed by atoms with van der Waals surface area (Å²) in [6.45, 7) is 15.5. The summed E-state index contributed by atoms with van der Waals surface area (Å²) < 4.78 is 13.1. The van der Waals surface area contributed by atoms with E-state index in [1.54, 1.807) is 0 Å². The van der Waals surface area contributed by atoms with E-state index in [1.165, 1.54) is 43.8 Å². The minimum Gasteiger partial charge on any atom is -0.351 e. The Hall–Kier alpha value is 0.354. The zero-order valence-electron chi connectivity index (χ0n) is 16.8. The van der Waals surface area contributed by atoms with Crippen molar-refractivity contribution in [3.63, 3.8) is 0 Å². The van der Waals surface area contributed by atoms with Crippen LogP contribution in [0.15, 0.2) is 0 Å². The van der Waals surface area contributed by atoms with Crippen molar-refractivity contribution in [1.29, 1.82) is 0 Å². The topological polar surface area (TPSA) is 18.5 Å². The minimum absolute atomic E-state index is 0.208. The predicted octanol–water partition coefficient (Wildman–Crippen LogP) is 6.17. The summed E-state index contributed by atoms with van der Waals surface area (Å²) >= 11 is 0. The fourth-order valence-electron chi connectivity index (χ4n) is 3.29. The average Bonchev–Trinajstić information content (AvgIpc) is 2.55. The molecule has 0 aromatic carbocycles. The van der Waals surface area contributed by atoms with E-state index in [0.29, 0.717) is 0 Å². The Kier molecular flexibility index (Phi) is 14.9. The van der Waals surface area contributed by atoms with Gasteiger partial charge in [0.25, 0.3) is 0 Å². The highest BCUT2D eigenvalue weighted by molar-refractivity contribution is 6.97. The Morgan fingerprint density at radius 1 is 0.609 bits per heavy atom. The average molecular weight is 359 g/mol. The van der Waals surface area contributed by atoms with Crippen molar-refractivity contribution in [2.24, 2.45) is 0 Å². The number of hydrogen-bond acceptors (Lipinski definition) is 2. The second-order valence-electron chi connectivity index (χ2n) is 6.53. The maximum Gasteiger partial charge on any atom is 0.162 e. The van der Waals surface area contributed by atoms with Crippen molar-refractivity contribution >= 4 is 15.8 Å². The number of ether oxygens (including phenoxy) is 2. The largest absolute Gasteiger partial charge is 0.351 e. The standard InChI is InChI=1S/C19H42O2Si2/c1-7-13-19(20-14-8-2,21-15-9-3)23(18-12-6)22(16-10-4)17-11-5/h7-18H2,1-6H3. The van der Waals surface area contributed by atoms with E-state index in [2.05, 4.69) is 41.5 Å². The van der Waals surface area contributed by atoms with Gasteiger partial charge in [-0.05, 0) is 38.9 Å². The normalized spacial score (nSPS) is 11.7. The molecular formula is C19H42O2Si2. The molecular weight excluding hydrogens is 316 g/mol. The Balaban J connectivity index is 5.84. The molecule has 0 spiro atoms. The van der Waals surface area contributed by atoms with E-state index in [-0.39, 0.29) is 13.3 Å². The molecule has 0 radical (unpaired) electrons. The lowest BCUT2D eigenvalue weighted by Gasteiger charge is -2.38. The molecule has 0 heterocycles. The van der Waals surface area contributed by atoms with Gasteiger partial charge in [0.2, 0.25) is 0 Å². The molecule has 0 atom stereocenters. The second kappa shape index (κ2) is 14.7. The SMILES string of the molecule is CCCOC(CCC)(OCCC)[Si](CCC)=[Si](CCC)CCC. The Morgan fingerprint density at radius 3 is 1.43 bits per heavy atom. The van der Waals surface area contributed by atoms with Gasteiger partial charge in [-0.15, -0.1) is 0 Å². The van der Waals surface area contributed by atoms with E-state index in [4.69, 9.17) is 9.47 Å². The van der Waals surface area contributed by atoms with Crippen molar-refractivity contribution in [1.82, 2.24) is 0 Å². The molecule has 0 bridgehead atoms. The molecule has 4 heteroatoms. The quantitative estimate of drug-likeness (QED) is 0.257. The second-order valence-corrected chi connectivity index (χ2v) is 14.9. The van der Waals surface area contributed by atoms with Crippen molar-refractivity contribution in [3.05, 3.63) is 0 Å². The molecule has 0 saturated heterocycles. The third kappa shape index (κ3) is 8.32. The first-order valence-electron chi connectivity index (χ1n) is 10.1. The van der Waals surface area contributed by atoms with Gasteiger partial charge >= 0.3 is 0 Å². The molecule has 0 saturated carbocycles. The molecule has 0 rings (SSSR count). The van der Waals surface area contributed by atoms with Gasteiger partial charge in [-0.25, -0.2) is 0 Å². The first-order chi connectivity index (χ1) is 11.2. The summed E-state index contributed by atoms with van der Waals surface area (Å²) in [4.78, 5) is 0. The maximum atomic E-state index is 6.56. The smallest absolute Gasteiger partial charge is 0.162 e. The summed E-state index contributed by atoms with van der Waals surface area (Å²) in [7, 11) is -0.940. The van der Waals surface area contributed by atoms with E-state index in [1.807, 2.05) is 0 Å². The lowest BCUT2D eigenvalue weighted by Crippen LogP contribution is -2.50. The number of hydrogen-bond donors (Lipinski definition) is 0. The Bertz CT molecular complexity index is 300. The first kappa shape index (κ1) is 23.4. The highest BCUT2D eigenvalue weighted by atomic mass is 28.9. The van der Waals surface area contributed by atoms with Gasteiger partial charge in [0.05, 0.1) is 7.89 Å². The van der Waals surface area contributed by atoms with Crippen LogP contribution in [0.3, 0.4) is 0 Å². The lowest BCUT2D eigenvalue weighted by molar-refractivity contribution is -0.185. The lowest BCUT2D eigenvalue weighted by atomic mass is 10.3. The van der Waals surface area contributed by atoms with Gasteiger partial charge in [0.1, 0.15) is 0 Å². The highest BCUT2D eigenvalue weighted by Gasteiger charge is 2.36. The maximum absolute atomic E-state index is 6.56. The zero-order chi connectivity index (χ0) is 17.6. The van der Waals surface area contributed by atoms with Crippen LogP contribution in [0, 0.1) is 0 Å². The summed E-state index contributed by atoms with van der Waals surface area (Å²) in [6, 6.07) is 4.26. The Labute approximate surface area is 148 Å². The molecule has 0 aliphatic carbocycles. The highest BCUT2D eigenvalue weighted by Crippen LogP contribution is 2.26. The fraction of sp³-hybridized carbons (Fsp3) is 1.00. The third-order valence-corrected chi connectivity index (χ3v) is 15.6. The van der Waals surface area contributed by atoms with Crippen LogP contribution in [0.5, 0.6) is 0 Å². The molecule has 0 fully saturated rings. The van der Waals surface area contributed by atoms with E-state index in [9.17, 15) is 0 Å². The van der Waals surface area contributed by atoms with Gasteiger partial charge in [0, 0.05) is 19.6 Å². The van der Waals surface area contributed by atoms with Crippen molar-refractivity contribution in [2.45, 2.75) is 110 Å². The van der Waals surface area contributed by atoms with E-state index >= 15 is 0 Å². The Morgan fingerprint density at radius 2 is 1.09 bits per heavy atom. The van der Waals surface area contributed by atoms with Crippen LogP contribution < -0.4 is 0 Å². The molecule has 0 N–H and O–H groups in total. The first-order valence-corrected chi connectivity index (χ1v) is 14.8. The summed E-state index contributed by atoms with van der Waals surface area (Å²) in [6.07, 6.45) is 8.39. The zero-order valence-corrected chi connectivity index (χ0v) is 18.8. The van der Waals surface area contributed by atoms with Crippen molar-refractivity contribution in [3.8, 4) is 0 Å². The van der Waals surface area contributed by atoms with Gasteiger partial charge in [0.15, 0.2) is 5.41 Å². The molecule has 2 nitrogen and oxygen atoms in total. The van der Waals surface area contributed by atoms with Crippen LogP contribution in [0.1, 0.15) is 86.5 Å². The molecule has 0 aromatic rings. The molecule has 0 unspecified atom stereocenters. The van der Waals surface area contributed by atoms with Crippen LogP contribution in [0.25, 0.3) is 0 Å². The van der Waals surface area contributed by atoms with Crippen LogP contribution >= 0.6 is 0 Å². The van der Waals surface area contributed by atoms with Crippen LogP contribution in [-0.2, 0) is 9.47 Å². The van der Waals surface area contributed by atoms with Crippen molar-refractivity contribution in [2.75, 3.05) is 13.2 Å². The molecule has 0 aliphatic heterocycles. The van der Waals surface area contributed by atoms with Crippen LogP contribution in [0.2, 0.25) is 18.1 Å². The van der Waals surface area contributed by atoms with E-state index < -0.39 is 7.89 Å². The molecule has 0 amide bonds. The summed E-state index contributed by atoms with van der Waals surface area (Å²) in [5.74, 6) is 0. The van der Waals surface area contributed by atoms with Crippen LogP contribution in [0.4, 0.5) is 0 Å².